The topological polar surface area (TPSA) is 132 Å². The minimum atomic E-state index is -0.956. The molecule has 1 aliphatic carbocycles. The van der Waals surface area contributed by atoms with E-state index in [1.165, 1.54) is 5.56 Å². The Morgan fingerprint density at radius 1 is 0.727 bits per heavy atom. The Balaban J connectivity index is 0.755. The molecule has 1 N–H and O–H groups in total. The van der Waals surface area contributed by atoms with Gasteiger partial charge in [0.1, 0.15) is 23.6 Å². The number of anilines is 1. The molecule has 4 aliphatic heterocycles. The monoisotopic (exact) mass is 763 g/mol. The molecule has 0 radical (unpaired) electrons. The standard InChI is InChI=1S/C43H46ClN5O6/c44-38-24-35(7-3-30(38)25-45)55-34-10-8-33(9-11-34)54-32-5-1-28(2-6-32)29-17-19-47(20-18-29)26-27-15-21-48(22-16-27)31-4-12-36-37(23-31)43(53)49(42(36)52)39-13-14-40(50)46-41(39)51/h1-7,12,23-24,27,29,33-34,39H,8-11,13-22,26H2,(H,46,50,51)/t33-,34-,39?. The summed E-state index contributed by atoms with van der Waals surface area (Å²) in [4.78, 5) is 56.4. The second-order valence-electron chi connectivity index (χ2n) is 15.6. The summed E-state index contributed by atoms with van der Waals surface area (Å²) in [5.41, 5.74) is 3.40. The quantitative estimate of drug-likeness (QED) is 0.244. The van der Waals surface area contributed by atoms with Crippen LogP contribution in [0.15, 0.2) is 60.7 Å². The van der Waals surface area contributed by atoms with E-state index in [1.807, 2.05) is 12.1 Å². The lowest BCUT2D eigenvalue weighted by Crippen LogP contribution is -2.54. The second kappa shape index (κ2) is 16.0. The molecular weight excluding hydrogens is 718 g/mol. The zero-order chi connectivity index (χ0) is 38.1. The van der Waals surface area contributed by atoms with E-state index in [4.69, 9.17) is 26.3 Å². The summed E-state index contributed by atoms with van der Waals surface area (Å²) < 4.78 is 12.5. The van der Waals surface area contributed by atoms with Crippen LogP contribution in [0.25, 0.3) is 0 Å². The Bertz CT molecular complexity index is 1990. The maximum Gasteiger partial charge on any atom is 0.262 e. The Labute approximate surface area is 326 Å². The molecule has 3 saturated heterocycles. The van der Waals surface area contributed by atoms with E-state index in [0.717, 1.165) is 100 Å². The molecule has 5 aliphatic rings. The van der Waals surface area contributed by atoms with Gasteiger partial charge in [0.2, 0.25) is 11.8 Å². The van der Waals surface area contributed by atoms with Crippen LogP contribution in [0, 0.1) is 17.2 Å². The molecule has 1 unspecified atom stereocenters. The fourth-order valence-electron chi connectivity index (χ4n) is 8.97. The number of ether oxygens (including phenoxy) is 2. The number of carbonyl (C=O) groups is 4. The van der Waals surface area contributed by atoms with Gasteiger partial charge in [0.25, 0.3) is 11.8 Å². The molecule has 286 valence electrons. The normalized spacial score (nSPS) is 24.0. The third-order valence-electron chi connectivity index (χ3n) is 12.1. The SMILES string of the molecule is N#Cc1ccc(O[C@H]2CC[C@H](Oc3ccc(C4CCN(CC5CCN(c6ccc7c(c6)C(=O)N(C6CCC(=O)NC6=O)C7=O)CC5)CC4)cc3)CC2)cc1Cl. The highest BCUT2D eigenvalue weighted by molar-refractivity contribution is 6.31. The lowest BCUT2D eigenvalue weighted by Gasteiger charge is -2.38. The van der Waals surface area contributed by atoms with Crippen LogP contribution in [-0.2, 0) is 9.59 Å². The van der Waals surface area contributed by atoms with Gasteiger partial charge in [0, 0.05) is 37.8 Å². The van der Waals surface area contributed by atoms with Crippen molar-refractivity contribution in [3.8, 4) is 17.6 Å². The summed E-state index contributed by atoms with van der Waals surface area (Å²) in [7, 11) is 0. The number of piperidine rings is 3. The highest BCUT2D eigenvalue weighted by Gasteiger charge is 2.45. The van der Waals surface area contributed by atoms with Crippen LogP contribution in [0.1, 0.15) is 102 Å². The van der Waals surface area contributed by atoms with Crippen LogP contribution in [0.3, 0.4) is 0 Å². The van der Waals surface area contributed by atoms with Gasteiger partial charge in [-0.25, -0.2) is 0 Å². The summed E-state index contributed by atoms with van der Waals surface area (Å²) in [6, 6.07) is 20.5. The largest absolute Gasteiger partial charge is 0.490 e. The van der Waals surface area contributed by atoms with Crippen molar-refractivity contribution in [2.24, 2.45) is 5.92 Å². The van der Waals surface area contributed by atoms with Gasteiger partial charge in [-0.2, -0.15) is 5.26 Å². The molecule has 3 aromatic carbocycles. The number of carbonyl (C=O) groups excluding carboxylic acids is 4. The molecule has 4 fully saturated rings. The fraction of sp³-hybridized carbons (Fsp3) is 0.465. The summed E-state index contributed by atoms with van der Waals surface area (Å²) in [6.45, 7) is 5.05. The van der Waals surface area contributed by atoms with Gasteiger partial charge in [0.15, 0.2) is 0 Å². The van der Waals surface area contributed by atoms with Gasteiger partial charge >= 0.3 is 0 Å². The number of fused-ring (bicyclic) bond motifs is 1. The Morgan fingerprint density at radius 3 is 2.04 bits per heavy atom. The van der Waals surface area contributed by atoms with Crippen LogP contribution in [0.5, 0.6) is 11.5 Å². The molecule has 0 aromatic heterocycles. The second-order valence-corrected chi connectivity index (χ2v) is 16.0. The number of halogens is 1. The van der Waals surface area contributed by atoms with Gasteiger partial charge in [0.05, 0.1) is 33.9 Å². The van der Waals surface area contributed by atoms with Gasteiger partial charge in [-0.15, -0.1) is 0 Å². The van der Waals surface area contributed by atoms with E-state index in [-0.39, 0.29) is 31.0 Å². The van der Waals surface area contributed by atoms with Crippen LogP contribution in [-0.4, -0.2) is 84.4 Å². The molecule has 11 nitrogen and oxygen atoms in total. The molecule has 3 aromatic rings. The molecule has 1 saturated carbocycles. The maximum atomic E-state index is 13.3. The van der Waals surface area contributed by atoms with E-state index in [0.29, 0.717) is 39.3 Å². The highest BCUT2D eigenvalue weighted by atomic mass is 35.5. The van der Waals surface area contributed by atoms with Crippen molar-refractivity contribution in [1.29, 1.82) is 5.26 Å². The first kappa shape index (κ1) is 37.0. The van der Waals surface area contributed by atoms with E-state index >= 15 is 0 Å². The Morgan fingerprint density at radius 2 is 1.38 bits per heavy atom. The summed E-state index contributed by atoms with van der Waals surface area (Å²) in [5, 5.41) is 11.8. The Kier molecular flexibility index (Phi) is 10.8. The lowest BCUT2D eigenvalue weighted by molar-refractivity contribution is -0.136. The number of hydrogen-bond acceptors (Lipinski definition) is 9. The number of amides is 4. The van der Waals surface area contributed by atoms with E-state index in [2.05, 4.69) is 45.5 Å². The van der Waals surface area contributed by atoms with Crippen molar-refractivity contribution >= 4 is 40.9 Å². The molecule has 4 amide bonds. The van der Waals surface area contributed by atoms with Gasteiger partial charge in [-0.05, 0) is 131 Å². The molecule has 1 atom stereocenters. The van der Waals surface area contributed by atoms with Crippen LogP contribution in [0.2, 0.25) is 5.02 Å². The smallest absolute Gasteiger partial charge is 0.262 e. The number of likely N-dealkylation sites (tertiary alicyclic amines) is 1. The number of nitrogens with zero attached hydrogens (tertiary/aromatic N) is 4. The van der Waals surface area contributed by atoms with Crippen molar-refractivity contribution < 1.29 is 28.7 Å². The maximum absolute atomic E-state index is 13.3. The van der Waals surface area contributed by atoms with Gasteiger partial charge in [-0.1, -0.05) is 23.7 Å². The zero-order valence-corrected chi connectivity index (χ0v) is 31.6. The van der Waals surface area contributed by atoms with Crippen molar-refractivity contribution in [2.75, 3.05) is 37.6 Å². The van der Waals surface area contributed by atoms with Crippen LogP contribution >= 0.6 is 11.6 Å². The van der Waals surface area contributed by atoms with E-state index in [9.17, 15) is 19.2 Å². The van der Waals surface area contributed by atoms with Gasteiger partial charge in [-0.3, -0.25) is 29.4 Å². The lowest BCUT2D eigenvalue weighted by atomic mass is 9.88. The first-order valence-electron chi connectivity index (χ1n) is 19.7. The molecule has 4 heterocycles. The predicted molar refractivity (Wildman–Crippen MR) is 206 cm³/mol. The molecule has 8 rings (SSSR count). The molecule has 55 heavy (non-hydrogen) atoms. The third-order valence-corrected chi connectivity index (χ3v) is 12.5. The minimum Gasteiger partial charge on any atom is -0.490 e. The van der Waals surface area contributed by atoms with Crippen molar-refractivity contribution in [3.05, 3.63) is 87.9 Å². The van der Waals surface area contributed by atoms with E-state index in [1.54, 1.807) is 24.3 Å². The molecule has 0 spiro atoms. The first-order valence-corrected chi connectivity index (χ1v) is 20.1. The van der Waals surface area contributed by atoms with Crippen LogP contribution < -0.4 is 19.7 Å². The number of benzene rings is 3. The number of rotatable bonds is 9. The Hall–Kier alpha value is -4.92. The summed E-state index contributed by atoms with van der Waals surface area (Å²) in [6.07, 6.45) is 8.64. The molecular formula is C43H46ClN5O6. The summed E-state index contributed by atoms with van der Waals surface area (Å²) in [5.74, 6) is 0.875. The van der Waals surface area contributed by atoms with E-state index < -0.39 is 23.8 Å². The minimum absolute atomic E-state index is 0.104. The predicted octanol–water partition coefficient (Wildman–Crippen LogP) is 6.48. The van der Waals surface area contributed by atoms with Crippen molar-refractivity contribution in [1.82, 2.24) is 15.1 Å². The number of imide groups is 2. The molecule has 12 heteroatoms. The zero-order valence-electron chi connectivity index (χ0n) is 30.9. The van der Waals surface area contributed by atoms with Gasteiger partial charge < -0.3 is 19.3 Å². The molecule has 0 bridgehead atoms. The summed E-state index contributed by atoms with van der Waals surface area (Å²) >= 11 is 6.17. The number of nitrogens with one attached hydrogen (secondary N) is 1. The number of nitriles is 1. The van der Waals surface area contributed by atoms with Crippen molar-refractivity contribution in [3.63, 3.8) is 0 Å². The highest BCUT2D eigenvalue weighted by Crippen LogP contribution is 2.35. The average molecular weight is 764 g/mol. The fourth-order valence-corrected chi connectivity index (χ4v) is 9.19. The first-order chi connectivity index (χ1) is 26.7. The third kappa shape index (κ3) is 8.07. The van der Waals surface area contributed by atoms with Crippen molar-refractivity contribution in [2.45, 2.75) is 88.4 Å². The number of hydrogen-bond donors (Lipinski definition) is 1. The average Bonchev–Trinajstić information content (AvgIpc) is 3.44. The van der Waals surface area contributed by atoms with Crippen LogP contribution in [0.4, 0.5) is 5.69 Å².